The second kappa shape index (κ2) is 7.09. The minimum absolute atomic E-state index is 0.211. The van der Waals surface area contributed by atoms with Crippen molar-refractivity contribution in [1.29, 1.82) is 0 Å². The zero-order valence-electron chi connectivity index (χ0n) is 13.0. The van der Waals surface area contributed by atoms with Gasteiger partial charge in [-0.1, -0.05) is 0 Å². The number of pyridine rings is 1. The van der Waals surface area contributed by atoms with Gasteiger partial charge in [0, 0.05) is 38.4 Å². The highest BCUT2D eigenvalue weighted by Crippen LogP contribution is 2.18. The van der Waals surface area contributed by atoms with Gasteiger partial charge in [0.1, 0.15) is 17.6 Å². The van der Waals surface area contributed by atoms with E-state index >= 15 is 0 Å². The van der Waals surface area contributed by atoms with Gasteiger partial charge in [-0.3, -0.25) is 9.78 Å². The number of amides is 1. The largest absolute Gasteiger partial charge is 0.467 e. The molecule has 0 aliphatic carbocycles. The Morgan fingerprint density at radius 3 is 2.86 bits per heavy atom. The molecule has 0 fully saturated rings. The summed E-state index contributed by atoms with van der Waals surface area (Å²) in [6.07, 6.45) is 2.74. The molecule has 2 aromatic heterocycles. The molecule has 0 bridgehead atoms. The third-order valence-electron chi connectivity index (χ3n) is 3.32. The molecular weight excluding hydrogens is 282 g/mol. The molecule has 2 rings (SSSR count). The number of anilines is 1. The molecule has 0 saturated carbocycles. The summed E-state index contributed by atoms with van der Waals surface area (Å²) >= 11 is 0. The normalized spacial score (nSPS) is 13.5. The first-order valence-electron chi connectivity index (χ1n) is 7.13. The van der Waals surface area contributed by atoms with E-state index in [4.69, 9.17) is 4.42 Å². The molecule has 6 heteroatoms. The summed E-state index contributed by atoms with van der Waals surface area (Å²) in [5.74, 6) is 0.233. The molecule has 2 heterocycles. The third-order valence-corrected chi connectivity index (χ3v) is 3.32. The van der Waals surface area contributed by atoms with Crippen molar-refractivity contribution in [2.24, 2.45) is 0 Å². The van der Waals surface area contributed by atoms with Crippen LogP contribution in [-0.2, 0) is 0 Å². The van der Waals surface area contributed by atoms with Crippen molar-refractivity contribution < 1.29 is 14.3 Å². The molecule has 0 aromatic carbocycles. The van der Waals surface area contributed by atoms with E-state index < -0.39 is 6.10 Å². The van der Waals surface area contributed by atoms with E-state index in [1.807, 2.05) is 32.0 Å². The summed E-state index contributed by atoms with van der Waals surface area (Å²) in [4.78, 5) is 18.2. The van der Waals surface area contributed by atoms with Gasteiger partial charge >= 0.3 is 0 Å². The quantitative estimate of drug-likeness (QED) is 0.853. The number of hydrogen-bond donors (Lipinski definition) is 2. The number of nitrogens with zero attached hydrogens (tertiary/aromatic N) is 2. The summed E-state index contributed by atoms with van der Waals surface area (Å²) < 4.78 is 5.15. The van der Waals surface area contributed by atoms with Gasteiger partial charge in [0.05, 0.1) is 6.26 Å². The fraction of sp³-hybridized carbons (Fsp3) is 0.375. The fourth-order valence-corrected chi connectivity index (χ4v) is 2.11. The lowest BCUT2D eigenvalue weighted by molar-refractivity contribution is 0.0898. The number of carbonyl (C=O) groups excluding carboxylic acids is 1. The molecule has 0 spiro atoms. The topological polar surface area (TPSA) is 78.6 Å². The van der Waals surface area contributed by atoms with E-state index in [2.05, 4.69) is 10.3 Å². The van der Waals surface area contributed by atoms with Gasteiger partial charge in [-0.25, -0.2) is 0 Å². The van der Waals surface area contributed by atoms with E-state index in [9.17, 15) is 9.90 Å². The van der Waals surface area contributed by atoms with E-state index in [1.54, 1.807) is 24.4 Å². The molecule has 2 N–H and O–H groups in total. The molecule has 2 atom stereocenters. The zero-order chi connectivity index (χ0) is 16.1. The molecule has 6 nitrogen and oxygen atoms in total. The van der Waals surface area contributed by atoms with Crippen molar-refractivity contribution in [3.63, 3.8) is 0 Å². The monoisotopic (exact) mass is 303 g/mol. The van der Waals surface area contributed by atoms with Gasteiger partial charge < -0.3 is 19.7 Å². The zero-order valence-corrected chi connectivity index (χ0v) is 13.0. The number of carbonyl (C=O) groups is 1. The van der Waals surface area contributed by atoms with Crippen molar-refractivity contribution in [1.82, 2.24) is 10.3 Å². The molecule has 22 heavy (non-hydrogen) atoms. The van der Waals surface area contributed by atoms with Crippen LogP contribution in [0.1, 0.15) is 35.7 Å². The van der Waals surface area contributed by atoms with Crippen LogP contribution < -0.4 is 10.2 Å². The van der Waals surface area contributed by atoms with Crippen LogP contribution in [0.2, 0.25) is 0 Å². The average molecular weight is 303 g/mol. The highest BCUT2D eigenvalue weighted by Gasteiger charge is 2.17. The molecule has 1 amide bonds. The van der Waals surface area contributed by atoms with Crippen LogP contribution in [0.3, 0.4) is 0 Å². The first kappa shape index (κ1) is 16.0. The van der Waals surface area contributed by atoms with Gasteiger partial charge in [0.2, 0.25) is 0 Å². The lowest BCUT2D eigenvalue weighted by atomic mass is 10.1. The highest BCUT2D eigenvalue weighted by molar-refractivity contribution is 5.93. The Bertz CT molecular complexity index is 611. The van der Waals surface area contributed by atoms with Crippen LogP contribution >= 0.6 is 0 Å². The number of aromatic nitrogens is 1. The smallest absolute Gasteiger partial charge is 0.270 e. The number of rotatable bonds is 6. The Hall–Kier alpha value is -2.34. The minimum Gasteiger partial charge on any atom is -0.467 e. The highest BCUT2D eigenvalue weighted by atomic mass is 16.4. The Morgan fingerprint density at radius 1 is 1.45 bits per heavy atom. The van der Waals surface area contributed by atoms with Crippen molar-refractivity contribution in [2.75, 3.05) is 19.0 Å². The molecule has 118 valence electrons. The first-order chi connectivity index (χ1) is 10.5. The summed E-state index contributed by atoms with van der Waals surface area (Å²) in [6.45, 7) is 1.83. The van der Waals surface area contributed by atoms with E-state index in [0.29, 0.717) is 17.9 Å². The summed E-state index contributed by atoms with van der Waals surface area (Å²) in [5, 5.41) is 12.8. The number of nitrogens with one attached hydrogen (secondary N) is 1. The second-order valence-corrected chi connectivity index (χ2v) is 5.44. The first-order valence-corrected chi connectivity index (χ1v) is 7.13. The predicted octanol–water partition coefficient (Wildman–Crippen LogP) is 1.98. The van der Waals surface area contributed by atoms with Crippen LogP contribution in [-0.4, -0.2) is 36.1 Å². The van der Waals surface area contributed by atoms with Crippen LogP contribution in [0.5, 0.6) is 0 Å². The van der Waals surface area contributed by atoms with Gasteiger partial charge in [0.25, 0.3) is 5.91 Å². The molecule has 0 radical (unpaired) electrons. The maximum Gasteiger partial charge on any atom is 0.270 e. The van der Waals surface area contributed by atoms with Gasteiger partial charge in [-0.05, 0) is 31.2 Å². The lowest BCUT2D eigenvalue weighted by Gasteiger charge is -2.17. The molecule has 0 aliphatic rings. The fourth-order valence-electron chi connectivity index (χ4n) is 2.11. The van der Waals surface area contributed by atoms with Crippen molar-refractivity contribution in [3.05, 3.63) is 48.2 Å². The number of aliphatic hydroxyl groups excluding tert-OH is 1. The van der Waals surface area contributed by atoms with Gasteiger partial charge in [-0.2, -0.15) is 0 Å². The van der Waals surface area contributed by atoms with E-state index in [1.165, 1.54) is 6.26 Å². The Morgan fingerprint density at radius 2 is 2.23 bits per heavy atom. The maximum absolute atomic E-state index is 12.2. The molecule has 0 saturated heterocycles. The van der Waals surface area contributed by atoms with Crippen molar-refractivity contribution >= 4 is 11.6 Å². The van der Waals surface area contributed by atoms with Gasteiger partial charge in [0.15, 0.2) is 0 Å². The summed E-state index contributed by atoms with van der Waals surface area (Å²) in [6, 6.07) is 6.78. The van der Waals surface area contributed by atoms with Gasteiger partial charge in [-0.15, -0.1) is 0 Å². The van der Waals surface area contributed by atoms with E-state index in [-0.39, 0.29) is 11.9 Å². The number of aliphatic hydroxyl groups is 1. The summed E-state index contributed by atoms with van der Waals surface area (Å²) in [5.41, 5.74) is 1.26. The Balaban J connectivity index is 1.95. The molecule has 0 aliphatic heterocycles. The molecular formula is C16H21N3O3. The number of furan rings is 1. The third kappa shape index (κ3) is 4.08. The molecule has 0 unspecified atom stereocenters. The van der Waals surface area contributed by atoms with Crippen molar-refractivity contribution in [2.45, 2.75) is 25.5 Å². The SMILES string of the molecule is C[C@@H](C[C@H](O)c1ccco1)NC(=O)c1cc(N(C)C)ccn1. The maximum atomic E-state index is 12.2. The Kier molecular flexibility index (Phi) is 5.16. The van der Waals surface area contributed by atoms with Crippen LogP contribution in [0, 0.1) is 0 Å². The Labute approximate surface area is 129 Å². The average Bonchev–Trinajstić information content (AvgIpc) is 3.01. The minimum atomic E-state index is -0.744. The van der Waals surface area contributed by atoms with Crippen LogP contribution in [0.25, 0.3) is 0 Å². The van der Waals surface area contributed by atoms with Crippen LogP contribution in [0.4, 0.5) is 5.69 Å². The molecule has 2 aromatic rings. The van der Waals surface area contributed by atoms with Crippen LogP contribution in [0.15, 0.2) is 41.1 Å². The standard InChI is InChI=1S/C16H21N3O3/c1-11(9-14(20)15-5-4-8-22-15)18-16(21)13-10-12(19(2)3)6-7-17-13/h4-8,10-11,14,20H,9H2,1-3H3,(H,18,21)/t11-,14-/m0/s1. The van der Waals surface area contributed by atoms with Crippen molar-refractivity contribution in [3.8, 4) is 0 Å². The van der Waals surface area contributed by atoms with E-state index in [0.717, 1.165) is 5.69 Å². The number of hydrogen-bond acceptors (Lipinski definition) is 5. The second-order valence-electron chi connectivity index (χ2n) is 5.44. The summed E-state index contributed by atoms with van der Waals surface area (Å²) in [7, 11) is 3.80. The lowest BCUT2D eigenvalue weighted by Crippen LogP contribution is -2.34. The predicted molar refractivity (Wildman–Crippen MR) is 83.8 cm³/mol.